The molecule has 2 heterocycles. The van der Waals surface area contributed by atoms with Gasteiger partial charge in [0, 0.05) is 6.04 Å². The molecule has 1 aliphatic carbocycles. The summed E-state index contributed by atoms with van der Waals surface area (Å²) >= 11 is 0. The summed E-state index contributed by atoms with van der Waals surface area (Å²) in [6, 6.07) is 8.65. The number of likely N-dealkylation sites (tertiary alicyclic amines) is 1. The number of nitrogens with zero attached hydrogens (tertiary/aromatic N) is 2. The standard InChI is InChI=1S/C19H24BN3O2/c1-19(2,3)25-18(24)23-15-8-12(15)9-16(23)17-21-10-14(22-17)11-4-6-13(20)7-5-11/h4-7,10,12,15-16H,8-9,20H2,1-3H3,(H,21,22)/t12-,15-,16?/m1/s1. The molecule has 1 amide bonds. The van der Waals surface area contributed by atoms with Gasteiger partial charge in [0.05, 0.1) is 17.9 Å². The number of fused-ring (bicyclic) bond motifs is 1. The summed E-state index contributed by atoms with van der Waals surface area (Å²) in [5, 5.41) is 0. The van der Waals surface area contributed by atoms with Crippen molar-refractivity contribution in [3.63, 3.8) is 0 Å². The second-order valence-electron chi connectivity index (χ2n) is 8.25. The summed E-state index contributed by atoms with van der Waals surface area (Å²) in [7, 11) is 2.08. The Morgan fingerprint density at radius 1 is 1.28 bits per heavy atom. The maximum atomic E-state index is 12.7. The predicted octanol–water partition coefficient (Wildman–Crippen LogP) is 2.41. The minimum Gasteiger partial charge on any atom is -0.444 e. The summed E-state index contributed by atoms with van der Waals surface area (Å²) in [4.78, 5) is 22.5. The molecule has 6 heteroatoms. The van der Waals surface area contributed by atoms with Gasteiger partial charge in [0.2, 0.25) is 0 Å². The SMILES string of the molecule is Bc1ccc(-c2cnc(C3C[C@H]4C[C@H]4N3C(=O)OC(C)(C)C)[nH]2)cc1. The number of benzene rings is 1. The number of carbonyl (C=O) groups is 1. The van der Waals surface area contributed by atoms with Gasteiger partial charge in [-0.3, -0.25) is 4.90 Å². The van der Waals surface area contributed by atoms with Crippen LogP contribution >= 0.6 is 0 Å². The van der Waals surface area contributed by atoms with Crippen molar-refractivity contribution in [2.24, 2.45) is 5.92 Å². The molecule has 5 nitrogen and oxygen atoms in total. The van der Waals surface area contributed by atoms with E-state index in [1.165, 1.54) is 5.46 Å². The summed E-state index contributed by atoms with van der Waals surface area (Å²) in [6.07, 6.45) is 3.68. The summed E-state index contributed by atoms with van der Waals surface area (Å²) in [6.45, 7) is 5.72. The Morgan fingerprint density at radius 2 is 2.00 bits per heavy atom. The minimum absolute atomic E-state index is 0.0159. The van der Waals surface area contributed by atoms with Gasteiger partial charge in [-0.15, -0.1) is 0 Å². The van der Waals surface area contributed by atoms with Crippen LogP contribution in [-0.2, 0) is 4.74 Å². The Balaban J connectivity index is 1.57. The molecule has 2 fully saturated rings. The third kappa shape index (κ3) is 3.17. The number of hydrogen-bond donors (Lipinski definition) is 1. The van der Waals surface area contributed by atoms with Crippen LogP contribution in [0.4, 0.5) is 4.79 Å². The van der Waals surface area contributed by atoms with Gasteiger partial charge in [0.15, 0.2) is 0 Å². The lowest BCUT2D eigenvalue weighted by Crippen LogP contribution is -2.38. The van der Waals surface area contributed by atoms with Crippen molar-refractivity contribution < 1.29 is 9.53 Å². The molecule has 130 valence electrons. The molecule has 4 rings (SSSR count). The molecule has 1 N–H and O–H groups in total. The Bertz CT molecular complexity index is 794. The maximum Gasteiger partial charge on any atom is 0.411 e. The van der Waals surface area contributed by atoms with E-state index >= 15 is 0 Å². The molecule has 0 radical (unpaired) electrons. The maximum absolute atomic E-state index is 12.7. The first-order chi connectivity index (χ1) is 11.8. The second-order valence-corrected chi connectivity index (χ2v) is 8.25. The van der Waals surface area contributed by atoms with Crippen LogP contribution < -0.4 is 5.46 Å². The number of imidazole rings is 1. The molecule has 25 heavy (non-hydrogen) atoms. The Labute approximate surface area is 149 Å². The molecule has 2 aliphatic rings. The highest BCUT2D eigenvalue weighted by Gasteiger charge is 2.56. The molecule has 1 saturated carbocycles. The molecule has 3 atom stereocenters. The van der Waals surface area contributed by atoms with Crippen molar-refractivity contribution in [2.75, 3.05) is 0 Å². The van der Waals surface area contributed by atoms with Crippen LogP contribution in [0.15, 0.2) is 30.5 Å². The van der Waals surface area contributed by atoms with Crippen LogP contribution in [0.2, 0.25) is 0 Å². The molecule has 1 unspecified atom stereocenters. The number of nitrogens with one attached hydrogen (secondary N) is 1. The summed E-state index contributed by atoms with van der Waals surface area (Å²) in [5.74, 6) is 1.44. The van der Waals surface area contributed by atoms with Crippen LogP contribution in [0.25, 0.3) is 11.3 Å². The molecule has 0 spiro atoms. The third-order valence-electron chi connectivity index (χ3n) is 4.98. The number of aromatic nitrogens is 2. The highest BCUT2D eigenvalue weighted by molar-refractivity contribution is 6.32. The number of H-pyrrole nitrogens is 1. The highest BCUT2D eigenvalue weighted by atomic mass is 16.6. The molecule has 1 aromatic heterocycles. The van der Waals surface area contributed by atoms with Gasteiger partial charge in [-0.25, -0.2) is 9.78 Å². The van der Waals surface area contributed by atoms with Gasteiger partial charge in [0.1, 0.15) is 19.3 Å². The normalized spacial score (nSPS) is 24.9. The van der Waals surface area contributed by atoms with Gasteiger partial charge in [-0.2, -0.15) is 0 Å². The molecular weight excluding hydrogens is 313 g/mol. The van der Waals surface area contributed by atoms with Crippen molar-refractivity contribution in [2.45, 2.75) is 51.3 Å². The highest BCUT2D eigenvalue weighted by Crippen LogP contribution is 2.53. The zero-order valence-corrected chi connectivity index (χ0v) is 15.2. The van der Waals surface area contributed by atoms with Crippen molar-refractivity contribution >= 4 is 19.4 Å². The number of hydrogen-bond acceptors (Lipinski definition) is 3. The lowest BCUT2D eigenvalue weighted by Gasteiger charge is -2.29. The quantitative estimate of drug-likeness (QED) is 0.856. The van der Waals surface area contributed by atoms with Crippen LogP contribution in [0.1, 0.15) is 45.5 Å². The van der Waals surface area contributed by atoms with Gasteiger partial charge >= 0.3 is 6.09 Å². The smallest absolute Gasteiger partial charge is 0.411 e. The monoisotopic (exact) mass is 337 g/mol. The van der Waals surface area contributed by atoms with Crippen molar-refractivity contribution in [3.05, 3.63) is 36.3 Å². The zero-order chi connectivity index (χ0) is 17.8. The molecule has 1 aliphatic heterocycles. The first kappa shape index (κ1) is 16.2. The van der Waals surface area contributed by atoms with Crippen molar-refractivity contribution in [1.82, 2.24) is 14.9 Å². The fourth-order valence-corrected chi connectivity index (χ4v) is 3.66. The minimum atomic E-state index is -0.481. The average Bonchev–Trinajstić information content (AvgIpc) is 2.97. The van der Waals surface area contributed by atoms with E-state index in [0.717, 1.165) is 29.9 Å². The number of amides is 1. The average molecular weight is 337 g/mol. The van der Waals surface area contributed by atoms with E-state index in [1.54, 1.807) is 0 Å². The number of rotatable bonds is 2. The fraction of sp³-hybridized carbons (Fsp3) is 0.474. The van der Waals surface area contributed by atoms with E-state index in [1.807, 2.05) is 31.9 Å². The number of aromatic amines is 1. The Morgan fingerprint density at radius 3 is 2.68 bits per heavy atom. The van der Waals surface area contributed by atoms with Gasteiger partial charge < -0.3 is 9.72 Å². The van der Waals surface area contributed by atoms with Crippen LogP contribution in [-0.4, -0.2) is 40.5 Å². The molecule has 1 aromatic carbocycles. The fourth-order valence-electron chi connectivity index (χ4n) is 3.66. The van der Waals surface area contributed by atoms with Crippen LogP contribution in [0.5, 0.6) is 0 Å². The van der Waals surface area contributed by atoms with Crippen LogP contribution in [0, 0.1) is 5.92 Å². The van der Waals surface area contributed by atoms with E-state index in [2.05, 4.69) is 42.1 Å². The van der Waals surface area contributed by atoms with E-state index in [4.69, 9.17) is 4.74 Å². The van der Waals surface area contributed by atoms with Crippen molar-refractivity contribution in [3.8, 4) is 11.3 Å². The lowest BCUT2D eigenvalue weighted by molar-refractivity contribution is 0.0175. The predicted molar refractivity (Wildman–Crippen MR) is 99.5 cm³/mol. The summed E-state index contributed by atoms with van der Waals surface area (Å²) in [5.41, 5.74) is 2.84. The van der Waals surface area contributed by atoms with Gasteiger partial charge in [-0.05, 0) is 45.1 Å². The third-order valence-corrected chi connectivity index (χ3v) is 4.98. The van der Waals surface area contributed by atoms with Crippen molar-refractivity contribution in [1.29, 1.82) is 0 Å². The van der Waals surface area contributed by atoms with E-state index in [-0.39, 0.29) is 12.1 Å². The first-order valence-corrected chi connectivity index (χ1v) is 8.95. The summed E-state index contributed by atoms with van der Waals surface area (Å²) < 4.78 is 5.62. The van der Waals surface area contributed by atoms with E-state index < -0.39 is 5.60 Å². The zero-order valence-electron chi connectivity index (χ0n) is 15.2. The van der Waals surface area contributed by atoms with Crippen LogP contribution in [0.3, 0.4) is 0 Å². The first-order valence-electron chi connectivity index (χ1n) is 8.95. The number of carbonyl (C=O) groups excluding carboxylic acids is 1. The Kier molecular flexibility index (Phi) is 3.67. The number of ether oxygens (including phenoxy) is 1. The molecule has 2 aromatic rings. The van der Waals surface area contributed by atoms with E-state index in [9.17, 15) is 4.79 Å². The largest absolute Gasteiger partial charge is 0.444 e. The lowest BCUT2D eigenvalue weighted by atomic mass is 9.95. The van der Waals surface area contributed by atoms with E-state index in [0.29, 0.717) is 12.0 Å². The Hall–Kier alpha value is -2.24. The van der Waals surface area contributed by atoms with Gasteiger partial charge in [0.25, 0.3) is 0 Å². The number of piperidine rings is 1. The topological polar surface area (TPSA) is 58.2 Å². The van der Waals surface area contributed by atoms with Gasteiger partial charge in [-0.1, -0.05) is 29.7 Å². The molecular formula is C19H24BN3O2. The molecule has 0 bridgehead atoms. The second kappa shape index (κ2) is 5.65. The molecule has 1 saturated heterocycles.